The monoisotopic (exact) mass is 850 g/mol. The number of halogens is 1. The average molecular weight is 851 g/mol. The molecule has 1 saturated heterocycles. The summed E-state index contributed by atoms with van der Waals surface area (Å²) in [7, 11) is 1.25. The highest BCUT2D eigenvalue weighted by Crippen LogP contribution is 2.52. The number of nitrogens with zero attached hydrogens (tertiary/aromatic N) is 3. The summed E-state index contributed by atoms with van der Waals surface area (Å²) in [6.45, 7) is 13.0. The van der Waals surface area contributed by atoms with Crippen LogP contribution in [0.25, 0.3) is 22.3 Å². The Labute approximate surface area is 351 Å². The van der Waals surface area contributed by atoms with Crippen molar-refractivity contribution in [3.8, 4) is 22.9 Å². The van der Waals surface area contributed by atoms with E-state index in [9.17, 15) is 24.0 Å². The molecule has 3 saturated carbocycles. The number of hydrogen-bond acceptors (Lipinski definition) is 13. The van der Waals surface area contributed by atoms with E-state index in [1.165, 1.54) is 29.8 Å². The van der Waals surface area contributed by atoms with Gasteiger partial charge in [-0.25, -0.2) is 19.6 Å². The van der Waals surface area contributed by atoms with Crippen molar-refractivity contribution in [3.63, 3.8) is 0 Å². The molecule has 8 atom stereocenters. The van der Waals surface area contributed by atoms with E-state index >= 15 is 0 Å². The third kappa shape index (κ3) is 8.84. The Morgan fingerprint density at radius 1 is 1.07 bits per heavy atom. The van der Waals surface area contributed by atoms with Crippen molar-refractivity contribution in [2.24, 2.45) is 23.2 Å². The Kier molecular flexibility index (Phi) is 11.9. The van der Waals surface area contributed by atoms with Crippen molar-refractivity contribution in [1.82, 2.24) is 25.5 Å². The van der Waals surface area contributed by atoms with Gasteiger partial charge in [0.05, 0.1) is 24.9 Å². The van der Waals surface area contributed by atoms with E-state index in [4.69, 9.17) is 40.5 Å². The van der Waals surface area contributed by atoms with Gasteiger partial charge in [-0.1, -0.05) is 38.4 Å². The number of ether oxygens (including phenoxy) is 4. The molecule has 0 bridgehead atoms. The number of aldehydes is 1. The summed E-state index contributed by atoms with van der Waals surface area (Å²) in [5, 5.41) is 12.2. The van der Waals surface area contributed by atoms with Gasteiger partial charge in [-0.15, -0.1) is 17.9 Å². The fourth-order valence-corrected chi connectivity index (χ4v) is 9.41. The number of pyridine rings is 1. The van der Waals surface area contributed by atoms with Crippen molar-refractivity contribution in [3.05, 3.63) is 41.3 Å². The van der Waals surface area contributed by atoms with Crippen LogP contribution < -0.4 is 25.4 Å². The van der Waals surface area contributed by atoms with Crippen LogP contribution in [0.4, 0.5) is 9.93 Å². The lowest BCUT2D eigenvalue weighted by Gasteiger charge is -2.35. The second-order valence-corrected chi connectivity index (χ2v) is 18.5. The number of hydrogen-bond donors (Lipinski definition) is 3. The van der Waals surface area contributed by atoms with Crippen LogP contribution in [0.5, 0.6) is 11.5 Å². The van der Waals surface area contributed by atoms with E-state index in [0.717, 1.165) is 12.8 Å². The van der Waals surface area contributed by atoms with Crippen LogP contribution in [-0.2, 0) is 28.7 Å². The smallest absolute Gasteiger partial charge is 0.408 e. The van der Waals surface area contributed by atoms with Crippen LogP contribution in [0.3, 0.4) is 0 Å². The molecule has 0 spiro atoms. The van der Waals surface area contributed by atoms with Gasteiger partial charge in [0.1, 0.15) is 58.7 Å². The number of fused-ring (bicyclic) bond motifs is 2. The van der Waals surface area contributed by atoms with Gasteiger partial charge in [0.2, 0.25) is 11.8 Å². The first kappa shape index (κ1) is 42.2. The lowest BCUT2D eigenvalue weighted by molar-refractivity contribution is -0.148. The number of likely N-dealkylation sites (tertiary alicyclic amines) is 1. The molecule has 2 aromatic heterocycles. The van der Waals surface area contributed by atoms with Crippen LogP contribution in [-0.4, -0.2) is 101 Å². The fourth-order valence-electron chi connectivity index (χ4n) is 8.29. The molecule has 3 aliphatic carbocycles. The molecule has 3 N–H and O–H groups in total. The van der Waals surface area contributed by atoms with Crippen molar-refractivity contribution < 1.29 is 42.9 Å². The third-order valence-electron chi connectivity index (χ3n) is 11.5. The number of rotatable bonds is 15. The number of aromatic nitrogens is 2. The van der Waals surface area contributed by atoms with Crippen molar-refractivity contribution >= 4 is 69.1 Å². The van der Waals surface area contributed by atoms with E-state index < -0.39 is 53.0 Å². The second kappa shape index (κ2) is 16.6. The van der Waals surface area contributed by atoms with Gasteiger partial charge in [-0.3, -0.25) is 14.4 Å². The Balaban J connectivity index is 1.22. The van der Waals surface area contributed by atoms with Crippen molar-refractivity contribution in [1.29, 1.82) is 0 Å². The van der Waals surface area contributed by atoms with Crippen LogP contribution in [0.1, 0.15) is 66.7 Å². The van der Waals surface area contributed by atoms with E-state index in [0.29, 0.717) is 57.7 Å². The van der Waals surface area contributed by atoms with Gasteiger partial charge < -0.3 is 39.8 Å². The van der Waals surface area contributed by atoms with Gasteiger partial charge in [0.15, 0.2) is 11.4 Å². The van der Waals surface area contributed by atoms with Crippen LogP contribution >= 0.6 is 22.9 Å². The summed E-state index contributed by atoms with van der Waals surface area (Å²) >= 11 is 8.26. The lowest BCUT2D eigenvalue weighted by atomic mass is 9.85. The molecule has 1 aromatic carbocycles. The quantitative estimate of drug-likeness (QED) is 0.0931. The maximum Gasteiger partial charge on any atom is 0.408 e. The number of benzene rings is 1. The van der Waals surface area contributed by atoms with E-state index in [1.54, 1.807) is 24.3 Å². The molecular formula is C42H51ClN6O9S. The third-order valence-corrected chi connectivity index (χ3v) is 12.7. The predicted molar refractivity (Wildman–Crippen MR) is 221 cm³/mol. The minimum Gasteiger partial charge on any atom is -0.488 e. The number of amides is 3. The van der Waals surface area contributed by atoms with E-state index in [-0.39, 0.29) is 48.4 Å². The minimum atomic E-state index is -1.32. The normalized spacial score (nSPS) is 26.1. The summed E-state index contributed by atoms with van der Waals surface area (Å²) in [4.78, 5) is 77.5. The molecule has 316 valence electrons. The highest BCUT2D eigenvalue weighted by atomic mass is 35.5. The van der Waals surface area contributed by atoms with Gasteiger partial charge in [0.25, 0.3) is 0 Å². The SMILES string of the molecule is C=C[C@@H]1CC1(NC(=O)[C@@H]1CC(Oc2cc(-c3csc(NC(C)C)n3)nc3c(Cl)c(OCC=O)ccc23)CN1C(=O)[C@@H](NC(=O)O[C@@H]1C[C@@H]2C[C@@H]2C1)C(C)(C)C)C(=O)OC. The number of thiazole rings is 1. The maximum atomic E-state index is 14.8. The fraction of sp³-hybridized carbons (Fsp3) is 0.548. The summed E-state index contributed by atoms with van der Waals surface area (Å²) < 4.78 is 23.2. The Bertz CT molecular complexity index is 2150. The highest BCUT2D eigenvalue weighted by molar-refractivity contribution is 7.14. The maximum absolute atomic E-state index is 14.8. The molecule has 3 heterocycles. The first-order valence-electron chi connectivity index (χ1n) is 19.9. The Morgan fingerprint density at radius 2 is 1.81 bits per heavy atom. The largest absolute Gasteiger partial charge is 0.488 e. The highest BCUT2D eigenvalue weighted by Gasteiger charge is 2.62. The molecule has 7 rings (SSSR count). The molecule has 3 amide bonds. The van der Waals surface area contributed by atoms with Crippen molar-refractivity contribution in [2.45, 2.75) is 103 Å². The average Bonchev–Trinajstić information content (AvgIpc) is 3.85. The molecule has 4 aliphatic rings. The van der Waals surface area contributed by atoms with Crippen LogP contribution in [0, 0.1) is 23.2 Å². The van der Waals surface area contributed by atoms with Crippen LogP contribution in [0.2, 0.25) is 5.02 Å². The molecule has 15 nitrogen and oxygen atoms in total. The molecule has 4 fully saturated rings. The second-order valence-electron chi connectivity index (χ2n) is 17.3. The Morgan fingerprint density at radius 3 is 2.46 bits per heavy atom. The zero-order valence-corrected chi connectivity index (χ0v) is 35.6. The number of carbonyl (C=O) groups excluding carboxylic acids is 5. The van der Waals surface area contributed by atoms with Gasteiger partial charge in [-0.2, -0.15) is 0 Å². The molecule has 2 unspecified atom stereocenters. The topological polar surface area (TPSA) is 187 Å². The Hall–Kier alpha value is -4.96. The molecule has 1 aliphatic heterocycles. The first-order chi connectivity index (χ1) is 28.0. The van der Waals surface area contributed by atoms with Gasteiger partial charge in [0, 0.05) is 35.2 Å². The zero-order chi connectivity index (χ0) is 42.4. The minimum absolute atomic E-state index is 0.0340. The summed E-state index contributed by atoms with van der Waals surface area (Å²) in [5.41, 5.74) is -0.792. The molecule has 59 heavy (non-hydrogen) atoms. The summed E-state index contributed by atoms with van der Waals surface area (Å²) in [5.74, 6) is -0.265. The molecule has 0 radical (unpaired) electrons. The van der Waals surface area contributed by atoms with E-state index in [1.807, 2.05) is 40.0 Å². The standard InChI is InChI=1S/C42H51ClN6O9S/c1-8-24-18-42(24,38(53)55-7)48-36(51)30-16-26(19-49(30)37(52)35(41(4,5)6)47-40(54)58-25-14-22-13-23(22)15-25)57-32-17-28(29-20-59-39(46-29)44-21(2)3)45-34-27(32)9-10-31(33(34)43)56-12-11-50/h8-11,17,20-26,30,35H,1,12-16,18-19H2,2-7H3,(H,44,46)(H,47,54)(H,48,51)/t22-,23+,24-,25+,26?,30+,35-,42?/m1/s1. The van der Waals surface area contributed by atoms with Gasteiger partial charge in [-0.05, 0) is 68.9 Å². The summed E-state index contributed by atoms with van der Waals surface area (Å²) in [6.07, 6.45) is 3.69. The number of nitrogens with one attached hydrogen (secondary N) is 3. The number of esters is 1. The lowest BCUT2D eigenvalue weighted by Crippen LogP contribution is -2.59. The number of methoxy groups -OCH3 is 1. The first-order valence-corrected chi connectivity index (χ1v) is 21.2. The summed E-state index contributed by atoms with van der Waals surface area (Å²) in [6, 6.07) is 3.01. The number of carbonyl (C=O) groups is 5. The number of alkyl carbamates (subject to hydrolysis) is 1. The van der Waals surface area contributed by atoms with E-state index in [2.05, 4.69) is 22.5 Å². The van der Waals surface area contributed by atoms with Gasteiger partial charge >= 0.3 is 12.1 Å². The van der Waals surface area contributed by atoms with Crippen LogP contribution in [0.15, 0.2) is 36.2 Å². The van der Waals surface area contributed by atoms with Crippen molar-refractivity contribution in [2.75, 3.05) is 25.6 Å². The number of anilines is 1. The predicted octanol–water partition coefficient (Wildman–Crippen LogP) is 5.93. The zero-order valence-electron chi connectivity index (χ0n) is 34.0. The molecule has 3 aromatic rings. The molecule has 17 heteroatoms. The molecular weight excluding hydrogens is 800 g/mol.